The second-order valence-electron chi connectivity index (χ2n) is 18.6. The number of hydrogen-bond acceptors (Lipinski definition) is 4. The highest BCUT2D eigenvalue weighted by Crippen LogP contribution is 2.68. The third kappa shape index (κ3) is 9.58. The lowest BCUT2D eigenvalue weighted by molar-refractivity contribution is 0.0756. The average Bonchev–Trinajstić information content (AvgIpc) is 4.04. The molecule has 0 aliphatic heterocycles. The standard InChI is InChI=1S/2C29H35NO2/c2*1-3-4-5-8-17-24-20-25-26(32-28(30)31)18-19-29(25,21(2)22-13-9-6-10-14-22)27(24)23-15-11-7-12-16-23/h2*6-7,9-16,25-26H,2-5,8,17-20H2,1H3,(H2,30,31)/t25?,26-,29+;25?,26-,29-/m10/s1. The molecule has 4 aliphatic rings. The molecule has 336 valence electrons. The number of benzene rings is 4. The first-order chi connectivity index (χ1) is 31.1. The number of nitrogens with two attached hydrogens (primary N) is 2. The van der Waals surface area contributed by atoms with Crippen molar-refractivity contribution in [2.45, 2.75) is 129 Å². The number of unbranched alkanes of at least 4 members (excludes halogenated alkanes) is 6. The van der Waals surface area contributed by atoms with Crippen molar-refractivity contribution in [3.63, 3.8) is 0 Å². The summed E-state index contributed by atoms with van der Waals surface area (Å²) in [5, 5.41) is 0. The number of primary amides is 2. The smallest absolute Gasteiger partial charge is 0.404 e. The number of carbonyl (C=O) groups is 2. The molecular formula is C58H70N2O4. The molecule has 0 saturated heterocycles. The fourth-order valence-corrected chi connectivity index (χ4v) is 12.3. The third-order valence-electron chi connectivity index (χ3n) is 15.0. The molecule has 8 rings (SSSR count). The first-order valence-corrected chi connectivity index (χ1v) is 24.1. The quantitative estimate of drug-likeness (QED) is 0.0972. The summed E-state index contributed by atoms with van der Waals surface area (Å²) in [5.41, 5.74) is 23.5. The molecule has 64 heavy (non-hydrogen) atoms. The predicted octanol–water partition coefficient (Wildman–Crippen LogP) is 14.8. The molecule has 6 heteroatoms. The van der Waals surface area contributed by atoms with Gasteiger partial charge in [0.15, 0.2) is 0 Å². The molecule has 4 aromatic carbocycles. The molecule has 2 amide bonds. The number of allylic oxidation sites excluding steroid dienone is 6. The van der Waals surface area contributed by atoms with Crippen LogP contribution in [0.2, 0.25) is 0 Å². The van der Waals surface area contributed by atoms with Gasteiger partial charge in [-0.15, -0.1) is 0 Å². The van der Waals surface area contributed by atoms with Gasteiger partial charge in [0.2, 0.25) is 0 Å². The number of hydrogen-bond donors (Lipinski definition) is 2. The van der Waals surface area contributed by atoms with E-state index in [1.807, 2.05) is 12.1 Å². The lowest BCUT2D eigenvalue weighted by atomic mass is 9.66. The van der Waals surface area contributed by atoms with Gasteiger partial charge in [-0.3, -0.25) is 0 Å². The fourth-order valence-electron chi connectivity index (χ4n) is 12.3. The van der Waals surface area contributed by atoms with E-state index in [1.54, 1.807) is 0 Å². The molecule has 0 heterocycles. The number of rotatable bonds is 18. The molecular weight excluding hydrogens is 789 g/mol. The van der Waals surface area contributed by atoms with Crippen molar-refractivity contribution in [2.75, 3.05) is 0 Å². The summed E-state index contributed by atoms with van der Waals surface area (Å²) < 4.78 is 11.4. The Morgan fingerprint density at radius 3 is 1.20 bits per heavy atom. The first-order valence-electron chi connectivity index (χ1n) is 24.1. The van der Waals surface area contributed by atoms with E-state index in [0.29, 0.717) is 0 Å². The van der Waals surface area contributed by atoms with E-state index in [-0.39, 0.29) is 34.9 Å². The summed E-state index contributed by atoms with van der Waals surface area (Å²) in [6.45, 7) is 13.8. The summed E-state index contributed by atoms with van der Waals surface area (Å²) in [4.78, 5) is 23.5. The Labute approximate surface area is 382 Å². The Bertz CT molecular complexity index is 2120. The monoisotopic (exact) mass is 859 g/mol. The van der Waals surface area contributed by atoms with E-state index in [1.165, 1.54) is 84.8 Å². The van der Waals surface area contributed by atoms with E-state index in [2.05, 4.69) is 136 Å². The topological polar surface area (TPSA) is 105 Å². The molecule has 6 nitrogen and oxygen atoms in total. The van der Waals surface area contributed by atoms with Crippen LogP contribution in [0.3, 0.4) is 0 Å². The van der Waals surface area contributed by atoms with E-state index in [9.17, 15) is 9.59 Å². The highest BCUT2D eigenvalue weighted by molar-refractivity contribution is 5.91. The zero-order valence-electron chi connectivity index (χ0n) is 38.4. The Kier molecular flexibility index (Phi) is 15.5. The normalized spacial score (nSPS) is 24.4. The minimum absolute atomic E-state index is 0.167. The average molecular weight is 859 g/mol. The van der Waals surface area contributed by atoms with Crippen LogP contribution in [0.5, 0.6) is 0 Å². The number of ether oxygens (including phenoxy) is 2. The molecule has 4 aliphatic carbocycles. The van der Waals surface area contributed by atoms with E-state index in [0.717, 1.165) is 73.6 Å². The SMILES string of the molecule is C=C(c1ccccc1)[C@@]12CC[C@@H](OC(N)=O)C1CC(CCCCCC)=C2c1ccccc1.C=C(c1ccccc1)[C@@]12CC[C@H](OC(N)=O)C1CC(CCCCCC)=C2c1ccccc1. The molecule has 4 N–H and O–H groups in total. The second-order valence-corrected chi connectivity index (χ2v) is 18.6. The fraction of sp³-hybridized carbons (Fsp3) is 0.414. The largest absolute Gasteiger partial charge is 0.446 e. The van der Waals surface area contributed by atoms with E-state index >= 15 is 0 Å². The molecule has 0 bridgehead atoms. The van der Waals surface area contributed by atoms with Crippen molar-refractivity contribution in [1.82, 2.24) is 0 Å². The summed E-state index contributed by atoms with van der Waals surface area (Å²) in [6, 6.07) is 42.5. The van der Waals surface area contributed by atoms with Gasteiger partial charge in [-0.1, -0.05) is 198 Å². The van der Waals surface area contributed by atoms with Gasteiger partial charge >= 0.3 is 12.2 Å². The van der Waals surface area contributed by atoms with Crippen LogP contribution in [0.4, 0.5) is 9.59 Å². The number of fused-ring (bicyclic) bond motifs is 2. The van der Waals surface area contributed by atoms with Crippen LogP contribution in [0.15, 0.2) is 146 Å². The minimum atomic E-state index is -0.672. The number of amides is 2. The molecule has 2 unspecified atom stereocenters. The molecule has 6 atom stereocenters. The summed E-state index contributed by atoms with van der Waals surface area (Å²) >= 11 is 0. The van der Waals surface area contributed by atoms with Gasteiger partial charge in [-0.25, -0.2) is 9.59 Å². The van der Waals surface area contributed by atoms with E-state index < -0.39 is 12.2 Å². The van der Waals surface area contributed by atoms with Crippen molar-refractivity contribution in [3.8, 4) is 0 Å². The minimum Gasteiger partial charge on any atom is -0.446 e. The Hall–Kier alpha value is -5.62. The Morgan fingerprint density at radius 2 is 0.875 bits per heavy atom. The van der Waals surface area contributed by atoms with Crippen LogP contribution in [0.1, 0.15) is 139 Å². The zero-order chi connectivity index (χ0) is 45.1. The van der Waals surface area contributed by atoms with Crippen molar-refractivity contribution in [3.05, 3.63) is 168 Å². The van der Waals surface area contributed by atoms with Crippen molar-refractivity contribution in [1.29, 1.82) is 0 Å². The van der Waals surface area contributed by atoms with Crippen molar-refractivity contribution < 1.29 is 19.1 Å². The van der Waals surface area contributed by atoms with Crippen LogP contribution >= 0.6 is 0 Å². The molecule has 2 fully saturated rings. The van der Waals surface area contributed by atoms with Crippen molar-refractivity contribution in [2.24, 2.45) is 34.1 Å². The van der Waals surface area contributed by atoms with Gasteiger partial charge in [0.1, 0.15) is 12.2 Å². The van der Waals surface area contributed by atoms with Gasteiger partial charge in [0.05, 0.1) is 0 Å². The van der Waals surface area contributed by atoms with Gasteiger partial charge in [-0.05, 0) is 109 Å². The van der Waals surface area contributed by atoms with Crippen LogP contribution < -0.4 is 11.5 Å². The van der Waals surface area contributed by atoms with Gasteiger partial charge in [0.25, 0.3) is 0 Å². The van der Waals surface area contributed by atoms with Crippen LogP contribution in [-0.4, -0.2) is 24.4 Å². The van der Waals surface area contributed by atoms with E-state index in [4.69, 9.17) is 20.9 Å². The summed E-state index contributed by atoms with van der Waals surface area (Å²) in [6.07, 6.45) is 15.8. The third-order valence-corrected chi connectivity index (χ3v) is 15.0. The van der Waals surface area contributed by atoms with Gasteiger partial charge in [0, 0.05) is 22.7 Å². The lowest BCUT2D eigenvalue weighted by Gasteiger charge is -2.37. The molecule has 0 spiro atoms. The predicted molar refractivity (Wildman–Crippen MR) is 264 cm³/mol. The van der Waals surface area contributed by atoms with Crippen molar-refractivity contribution >= 4 is 34.5 Å². The lowest BCUT2D eigenvalue weighted by Crippen LogP contribution is -2.32. The van der Waals surface area contributed by atoms with Gasteiger partial charge < -0.3 is 20.9 Å². The van der Waals surface area contributed by atoms with Gasteiger partial charge in [-0.2, -0.15) is 0 Å². The van der Waals surface area contributed by atoms with Crippen LogP contribution in [0.25, 0.3) is 22.3 Å². The molecule has 0 radical (unpaired) electrons. The second kappa shape index (κ2) is 21.4. The first kappa shape index (κ1) is 46.4. The summed E-state index contributed by atoms with van der Waals surface area (Å²) in [5.74, 6) is 0.359. The highest BCUT2D eigenvalue weighted by Gasteiger charge is 2.59. The molecule has 4 aromatic rings. The van der Waals surface area contributed by atoms with Crippen LogP contribution in [-0.2, 0) is 9.47 Å². The Morgan fingerprint density at radius 1 is 0.531 bits per heavy atom. The highest BCUT2D eigenvalue weighted by atomic mass is 16.6. The summed E-state index contributed by atoms with van der Waals surface area (Å²) in [7, 11) is 0. The maximum atomic E-state index is 11.7. The maximum Gasteiger partial charge on any atom is 0.404 e. The number of carbonyl (C=O) groups excluding carboxylic acids is 2. The Balaban J connectivity index is 0.000000191. The molecule has 2 saturated carbocycles. The van der Waals surface area contributed by atoms with Crippen LogP contribution in [0, 0.1) is 22.7 Å². The molecule has 0 aromatic heterocycles. The maximum absolute atomic E-state index is 11.7. The zero-order valence-corrected chi connectivity index (χ0v) is 38.4.